The highest BCUT2D eigenvalue weighted by molar-refractivity contribution is 7.11. The number of nitrogens with two attached hydrogens (primary N) is 1. The SMILES string of the molecule is Cc1cn(C(C)c2sc(C)nc2C)c(N)n1. The molecule has 0 bridgehead atoms. The quantitative estimate of drug-likeness (QED) is 0.871. The van der Waals surface area contributed by atoms with E-state index in [1.54, 1.807) is 11.3 Å². The second kappa shape index (κ2) is 3.90. The molecule has 16 heavy (non-hydrogen) atoms. The van der Waals surface area contributed by atoms with Gasteiger partial charge in [0.05, 0.1) is 27.3 Å². The fraction of sp³-hybridized carbons (Fsp3) is 0.455. The maximum atomic E-state index is 5.87. The molecule has 0 radical (unpaired) electrons. The van der Waals surface area contributed by atoms with Crippen molar-refractivity contribution >= 4 is 17.3 Å². The lowest BCUT2D eigenvalue weighted by Gasteiger charge is -2.13. The summed E-state index contributed by atoms with van der Waals surface area (Å²) in [6.45, 7) is 8.13. The van der Waals surface area contributed by atoms with Crippen molar-refractivity contribution in [3.8, 4) is 0 Å². The monoisotopic (exact) mass is 236 g/mol. The average Bonchev–Trinajstić information content (AvgIpc) is 2.68. The van der Waals surface area contributed by atoms with Crippen LogP contribution in [0.4, 0.5) is 5.95 Å². The van der Waals surface area contributed by atoms with Gasteiger partial charge in [-0.15, -0.1) is 11.3 Å². The lowest BCUT2D eigenvalue weighted by Crippen LogP contribution is -2.08. The Labute approximate surface area is 99.2 Å². The van der Waals surface area contributed by atoms with E-state index < -0.39 is 0 Å². The Kier molecular flexibility index (Phi) is 2.71. The summed E-state index contributed by atoms with van der Waals surface area (Å²) in [7, 11) is 0. The fourth-order valence-corrected chi connectivity index (χ4v) is 2.88. The van der Waals surface area contributed by atoms with Gasteiger partial charge in [0.1, 0.15) is 0 Å². The largest absolute Gasteiger partial charge is 0.369 e. The van der Waals surface area contributed by atoms with E-state index in [4.69, 9.17) is 5.73 Å². The van der Waals surface area contributed by atoms with Gasteiger partial charge in [0.2, 0.25) is 5.95 Å². The Morgan fingerprint density at radius 2 is 2.00 bits per heavy atom. The third kappa shape index (κ3) is 1.82. The van der Waals surface area contributed by atoms with E-state index in [0.717, 1.165) is 16.4 Å². The zero-order chi connectivity index (χ0) is 11.9. The molecule has 2 rings (SSSR count). The van der Waals surface area contributed by atoms with E-state index in [2.05, 4.69) is 16.9 Å². The van der Waals surface area contributed by atoms with E-state index in [1.165, 1.54) is 4.88 Å². The summed E-state index contributed by atoms with van der Waals surface area (Å²) in [6, 6.07) is 0.201. The normalized spacial score (nSPS) is 13.0. The Bertz CT molecular complexity index is 466. The molecule has 0 amide bonds. The number of thiazole rings is 1. The molecular weight excluding hydrogens is 220 g/mol. The minimum Gasteiger partial charge on any atom is -0.369 e. The van der Waals surface area contributed by atoms with Crippen molar-refractivity contribution < 1.29 is 0 Å². The van der Waals surface area contributed by atoms with E-state index >= 15 is 0 Å². The zero-order valence-electron chi connectivity index (χ0n) is 9.98. The molecule has 0 aliphatic carbocycles. The maximum Gasteiger partial charge on any atom is 0.200 e. The summed E-state index contributed by atoms with van der Waals surface area (Å²) >= 11 is 1.72. The maximum absolute atomic E-state index is 5.87. The molecule has 0 aliphatic rings. The van der Waals surface area contributed by atoms with Crippen LogP contribution in [0.5, 0.6) is 0 Å². The molecule has 1 atom stereocenters. The molecule has 86 valence electrons. The van der Waals surface area contributed by atoms with Crippen LogP contribution in [0.15, 0.2) is 6.20 Å². The van der Waals surface area contributed by atoms with Crippen LogP contribution in [0.2, 0.25) is 0 Å². The molecule has 2 aromatic heterocycles. The first kappa shape index (κ1) is 11.1. The van der Waals surface area contributed by atoms with Crippen molar-refractivity contribution in [1.29, 1.82) is 0 Å². The molecule has 1 unspecified atom stereocenters. The Morgan fingerprint density at radius 1 is 1.31 bits per heavy atom. The van der Waals surface area contributed by atoms with E-state index in [1.807, 2.05) is 31.5 Å². The minimum atomic E-state index is 0.201. The van der Waals surface area contributed by atoms with Crippen molar-refractivity contribution in [2.45, 2.75) is 33.7 Å². The highest BCUT2D eigenvalue weighted by Crippen LogP contribution is 2.29. The summed E-state index contributed by atoms with van der Waals surface area (Å²) in [5, 5.41) is 1.09. The predicted molar refractivity (Wildman–Crippen MR) is 66.8 cm³/mol. The van der Waals surface area contributed by atoms with Gasteiger partial charge >= 0.3 is 0 Å². The molecule has 0 aliphatic heterocycles. The van der Waals surface area contributed by atoms with Gasteiger partial charge in [-0.1, -0.05) is 0 Å². The summed E-state index contributed by atoms with van der Waals surface area (Å²) < 4.78 is 2.00. The zero-order valence-corrected chi connectivity index (χ0v) is 10.8. The number of rotatable bonds is 2. The summed E-state index contributed by atoms with van der Waals surface area (Å²) in [5.74, 6) is 0.565. The van der Waals surface area contributed by atoms with Crippen LogP contribution in [-0.2, 0) is 0 Å². The first-order valence-electron chi connectivity index (χ1n) is 5.24. The van der Waals surface area contributed by atoms with E-state index in [0.29, 0.717) is 5.95 Å². The summed E-state index contributed by atoms with van der Waals surface area (Å²) in [4.78, 5) is 9.91. The topological polar surface area (TPSA) is 56.7 Å². The summed E-state index contributed by atoms with van der Waals surface area (Å²) in [5.41, 5.74) is 7.90. The second-order valence-electron chi connectivity index (χ2n) is 4.01. The number of hydrogen-bond acceptors (Lipinski definition) is 4. The molecule has 0 spiro atoms. The molecule has 0 aromatic carbocycles. The Balaban J connectivity index is 2.42. The first-order valence-corrected chi connectivity index (χ1v) is 6.05. The van der Waals surface area contributed by atoms with Crippen LogP contribution in [0.3, 0.4) is 0 Å². The second-order valence-corrected chi connectivity index (χ2v) is 5.24. The van der Waals surface area contributed by atoms with Gasteiger partial charge in [0.25, 0.3) is 0 Å². The van der Waals surface area contributed by atoms with Crippen LogP contribution in [-0.4, -0.2) is 14.5 Å². The lowest BCUT2D eigenvalue weighted by atomic mass is 10.2. The number of hydrogen-bond donors (Lipinski definition) is 1. The van der Waals surface area contributed by atoms with Gasteiger partial charge in [-0.05, 0) is 27.7 Å². The van der Waals surface area contributed by atoms with Crippen molar-refractivity contribution in [2.24, 2.45) is 0 Å². The first-order chi connectivity index (χ1) is 7.49. The molecule has 0 saturated heterocycles. The third-order valence-corrected chi connectivity index (χ3v) is 3.86. The van der Waals surface area contributed by atoms with Crippen molar-refractivity contribution in [3.05, 3.63) is 27.5 Å². The molecule has 2 aromatic rings. The number of aryl methyl sites for hydroxylation is 3. The third-order valence-electron chi connectivity index (χ3n) is 2.62. The van der Waals surface area contributed by atoms with Gasteiger partial charge in [-0.2, -0.15) is 0 Å². The van der Waals surface area contributed by atoms with Crippen molar-refractivity contribution in [3.63, 3.8) is 0 Å². The smallest absolute Gasteiger partial charge is 0.200 e. The van der Waals surface area contributed by atoms with Crippen LogP contribution in [0.1, 0.15) is 34.2 Å². The van der Waals surface area contributed by atoms with Crippen LogP contribution >= 0.6 is 11.3 Å². The van der Waals surface area contributed by atoms with Gasteiger partial charge < -0.3 is 10.3 Å². The van der Waals surface area contributed by atoms with Gasteiger partial charge in [0, 0.05) is 6.20 Å². The fourth-order valence-electron chi connectivity index (χ4n) is 1.91. The van der Waals surface area contributed by atoms with Crippen molar-refractivity contribution in [1.82, 2.24) is 14.5 Å². The van der Waals surface area contributed by atoms with Crippen LogP contribution in [0.25, 0.3) is 0 Å². The molecule has 2 heterocycles. The van der Waals surface area contributed by atoms with Gasteiger partial charge in [-0.3, -0.25) is 0 Å². The number of aromatic nitrogens is 3. The average molecular weight is 236 g/mol. The van der Waals surface area contributed by atoms with Gasteiger partial charge in [0.15, 0.2) is 0 Å². The van der Waals surface area contributed by atoms with Gasteiger partial charge in [-0.25, -0.2) is 9.97 Å². The predicted octanol–water partition coefficient (Wildman–Crippen LogP) is 2.46. The Hall–Kier alpha value is -1.36. The highest BCUT2D eigenvalue weighted by atomic mass is 32.1. The number of nitrogens with zero attached hydrogens (tertiary/aromatic N) is 3. The lowest BCUT2D eigenvalue weighted by molar-refractivity contribution is 0.654. The van der Waals surface area contributed by atoms with Crippen molar-refractivity contribution in [2.75, 3.05) is 5.73 Å². The number of nitrogen functional groups attached to an aromatic ring is 1. The standard InChI is InChI=1S/C11H16N4S/c1-6-5-15(11(12)13-6)8(3)10-7(2)14-9(4)16-10/h5,8H,1-4H3,(H2,12,13). The molecular formula is C11H16N4S. The highest BCUT2D eigenvalue weighted by Gasteiger charge is 2.16. The number of anilines is 1. The minimum absolute atomic E-state index is 0.201. The molecule has 4 nitrogen and oxygen atoms in total. The van der Waals surface area contributed by atoms with Crippen LogP contribution in [0, 0.1) is 20.8 Å². The van der Waals surface area contributed by atoms with E-state index in [-0.39, 0.29) is 6.04 Å². The molecule has 2 N–H and O–H groups in total. The molecule has 0 saturated carbocycles. The Morgan fingerprint density at radius 3 is 2.44 bits per heavy atom. The van der Waals surface area contributed by atoms with Crippen LogP contribution < -0.4 is 5.73 Å². The summed E-state index contributed by atoms with van der Waals surface area (Å²) in [6.07, 6.45) is 1.98. The number of imidazole rings is 1. The molecule has 5 heteroatoms. The molecule has 0 fully saturated rings. The van der Waals surface area contributed by atoms with E-state index in [9.17, 15) is 0 Å².